The topological polar surface area (TPSA) is 72.7 Å². The molecule has 9 heteroatoms. The van der Waals surface area contributed by atoms with Crippen LogP contribution in [-0.2, 0) is 17.5 Å². The van der Waals surface area contributed by atoms with E-state index < -0.39 is 11.7 Å². The van der Waals surface area contributed by atoms with Gasteiger partial charge in [-0.1, -0.05) is 55.8 Å². The molecule has 29 heavy (non-hydrogen) atoms. The quantitative estimate of drug-likeness (QED) is 0.647. The Morgan fingerprint density at radius 1 is 1.14 bits per heavy atom. The van der Waals surface area contributed by atoms with Gasteiger partial charge >= 0.3 is 6.18 Å². The number of amides is 1. The molecule has 0 aliphatic rings. The van der Waals surface area contributed by atoms with Crippen LogP contribution in [0, 0.1) is 0 Å². The Morgan fingerprint density at radius 2 is 1.90 bits per heavy atom. The summed E-state index contributed by atoms with van der Waals surface area (Å²) in [5.41, 5.74) is 0.382. The van der Waals surface area contributed by atoms with Gasteiger partial charge in [-0.15, -0.1) is 10.2 Å². The molecule has 0 saturated carbocycles. The lowest BCUT2D eigenvalue weighted by molar-refractivity contribution is -0.137. The number of halogens is 3. The summed E-state index contributed by atoms with van der Waals surface area (Å²) < 4.78 is 38.6. The number of nitrogens with zero attached hydrogens (tertiary/aromatic N) is 4. The van der Waals surface area contributed by atoms with E-state index in [2.05, 4.69) is 20.7 Å². The Hall–Kier alpha value is -3.23. The number of carbonyl (C=O) groups excluding carboxylic acids is 1. The first-order chi connectivity index (χ1) is 13.9. The second-order valence-electron chi connectivity index (χ2n) is 6.54. The van der Waals surface area contributed by atoms with Crippen molar-refractivity contribution in [1.29, 1.82) is 0 Å². The maximum atomic E-state index is 12.9. The van der Waals surface area contributed by atoms with Crippen LogP contribution in [0.3, 0.4) is 0 Å². The summed E-state index contributed by atoms with van der Waals surface area (Å²) in [7, 11) is 0. The normalized spacial score (nSPS) is 12.6. The molecule has 1 amide bonds. The average molecular weight is 403 g/mol. The number of alkyl halides is 3. The van der Waals surface area contributed by atoms with Gasteiger partial charge in [0, 0.05) is 5.56 Å². The van der Waals surface area contributed by atoms with Crippen molar-refractivity contribution >= 4 is 5.91 Å². The van der Waals surface area contributed by atoms with Crippen LogP contribution in [0.4, 0.5) is 13.2 Å². The molecule has 0 aliphatic carbocycles. The molecule has 1 atom stereocenters. The zero-order chi connectivity index (χ0) is 20.9. The van der Waals surface area contributed by atoms with Crippen molar-refractivity contribution in [3.05, 3.63) is 65.7 Å². The number of carbonyl (C=O) groups is 1. The molecule has 3 rings (SSSR count). The van der Waals surface area contributed by atoms with Crippen molar-refractivity contribution in [1.82, 2.24) is 25.5 Å². The smallest absolute Gasteiger partial charge is 0.348 e. The van der Waals surface area contributed by atoms with E-state index in [1.54, 1.807) is 0 Å². The van der Waals surface area contributed by atoms with Crippen molar-refractivity contribution in [2.75, 3.05) is 0 Å². The first-order valence-electron chi connectivity index (χ1n) is 9.16. The SMILES string of the molecule is CCCC(NC(=O)Cn1nnc(-c2cccc(C(F)(F)F)c2)n1)c1ccccc1. The summed E-state index contributed by atoms with van der Waals surface area (Å²) in [5, 5.41) is 14.5. The van der Waals surface area contributed by atoms with Crippen LogP contribution in [0.2, 0.25) is 0 Å². The number of rotatable bonds is 7. The van der Waals surface area contributed by atoms with E-state index in [1.165, 1.54) is 12.1 Å². The van der Waals surface area contributed by atoms with Crippen molar-refractivity contribution in [2.24, 2.45) is 0 Å². The lowest BCUT2D eigenvalue weighted by atomic mass is 10.0. The van der Waals surface area contributed by atoms with Crippen LogP contribution >= 0.6 is 0 Å². The largest absolute Gasteiger partial charge is 0.416 e. The van der Waals surface area contributed by atoms with Gasteiger partial charge in [0.25, 0.3) is 0 Å². The van der Waals surface area contributed by atoms with E-state index >= 15 is 0 Å². The highest BCUT2D eigenvalue weighted by Crippen LogP contribution is 2.31. The first-order valence-corrected chi connectivity index (χ1v) is 9.16. The van der Waals surface area contributed by atoms with Gasteiger partial charge in [0.1, 0.15) is 6.54 Å². The summed E-state index contributed by atoms with van der Waals surface area (Å²) in [6, 6.07) is 14.1. The lowest BCUT2D eigenvalue weighted by Gasteiger charge is -2.18. The van der Waals surface area contributed by atoms with Crippen LogP contribution < -0.4 is 5.32 Å². The average Bonchev–Trinajstić information content (AvgIpc) is 3.16. The van der Waals surface area contributed by atoms with Gasteiger partial charge in [0.05, 0.1) is 11.6 Å². The molecule has 0 aliphatic heterocycles. The molecule has 1 heterocycles. The standard InChI is InChI=1S/C20H20F3N5O/c1-2-7-17(14-8-4-3-5-9-14)24-18(29)13-28-26-19(25-27-28)15-10-6-11-16(12-15)20(21,22)23/h3-6,8-12,17H,2,7,13H2,1H3,(H,24,29). The minimum atomic E-state index is -4.46. The van der Waals surface area contributed by atoms with E-state index in [-0.39, 0.29) is 29.9 Å². The first kappa shape index (κ1) is 20.5. The molecule has 1 aromatic heterocycles. The maximum absolute atomic E-state index is 12.9. The van der Waals surface area contributed by atoms with Crippen LogP contribution in [0.5, 0.6) is 0 Å². The van der Waals surface area contributed by atoms with Crippen LogP contribution in [0.15, 0.2) is 54.6 Å². The van der Waals surface area contributed by atoms with Gasteiger partial charge in [-0.3, -0.25) is 4.79 Å². The minimum absolute atomic E-state index is 0.0251. The maximum Gasteiger partial charge on any atom is 0.416 e. The highest BCUT2D eigenvalue weighted by Gasteiger charge is 2.30. The van der Waals surface area contributed by atoms with Gasteiger partial charge in [-0.25, -0.2) is 0 Å². The molecule has 6 nitrogen and oxygen atoms in total. The Labute approximate surface area is 165 Å². The van der Waals surface area contributed by atoms with E-state index in [9.17, 15) is 18.0 Å². The molecular weight excluding hydrogens is 383 g/mol. The molecular formula is C20H20F3N5O. The molecule has 0 spiro atoms. The van der Waals surface area contributed by atoms with Crippen LogP contribution in [0.1, 0.15) is 36.9 Å². The second kappa shape index (κ2) is 8.85. The van der Waals surface area contributed by atoms with Crippen molar-refractivity contribution in [2.45, 2.75) is 38.5 Å². The fraction of sp³-hybridized carbons (Fsp3) is 0.300. The fourth-order valence-electron chi connectivity index (χ4n) is 2.92. The number of benzene rings is 2. The van der Waals surface area contributed by atoms with Gasteiger partial charge in [0.2, 0.25) is 11.7 Å². The van der Waals surface area contributed by atoms with Crippen molar-refractivity contribution in [3.63, 3.8) is 0 Å². The monoisotopic (exact) mass is 403 g/mol. The molecule has 1 unspecified atom stereocenters. The third kappa shape index (κ3) is 5.40. The second-order valence-corrected chi connectivity index (χ2v) is 6.54. The Morgan fingerprint density at radius 3 is 2.59 bits per heavy atom. The van der Waals surface area contributed by atoms with Gasteiger partial charge in [0.15, 0.2) is 0 Å². The molecule has 0 radical (unpaired) electrons. The van der Waals surface area contributed by atoms with E-state index in [0.29, 0.717) is 0 Å². The summed E-state index contributed by atoms with van der Waals surface area (Å²) >= 11 is 0. The summed E-state index contributed by atoms with van der Waals surface area (Å²) in [6.07, 6.45) is -2.80. The number of aromatic nitrogens is 4. The molecule has 3 aromatic rings. The van der Waals surface area contributed by atoms with E-state index in [4.69, 9.17) is 0 Å². The van der Waals surface area contributed by atoms with Gasteiger partial charge in [-0.2, -0.15) is 18.0 Å². The van der Waals surface area contributed by atoms with Crippen LogP contribution in [0.25, 0.3) is 11.4 Å². The minimum Gasteiger partial charge on any atom is -0.348 e. The Kier molecular flexibility index (Phi) is 6.26. The highest BCUT2D eigenvalue weighted by atomic mass is 19.4. The Balaban J connectivity index is 1.69. The number of nitrogens with one attached hydrogen (secondary N) is 1. The number of hydrogen-bond donors (Lipinski definition) is 1. The molecule has 152 valence electrons. The van der Waals surface area contributed by atoms with Gasteiger partial charge in [-0.05, 0) is 29.3 Å². The van der Waals surface area contributed by atoms with E-state index in [1.807, 2.05) is 37.3 Å². The third-order valence-electron chi connectivity index (χ3n) is 4.30. The third-order valence-corrected chi connectivity index (χ3v) is 4.30. The number of hydrogen-bond acceptors (Lipinski definition) is 4. The summed E-state index contributed by atoms with van der Waals surface area (Å²) in [5.74, 6) is -0.280. The highest BCUT2D eigenvalue weighted by molar-refractivity contribution is 5.76. The van der Waals surface area contributed by atoms with E-state index in [0.717, 1.165) is 35.3 Å². The molecule has 0 bridgehead atoms. The zero-order valence-electron chi connectivity index (χ0n) is 15.7. The number of tetrazole rings is 1. The summed E-state index contributed by atoms with van der Waals surface area (Å²) in [4.78, 5) is 13.5. The van der Waals surface area contributed by atoms with Crippen LogP contribution in [-0.4, -0.2) is 26.1 Å². The summed E-state index contributed by atoms with van der Waals surface area (Å²) in [6.45, 7) is 1.85. The van der Waals surface area contributed by atoms with Crippen molar-refractivity contribution in [3.8, 4) is 11.4 Å². The van der Waals surface area contributed by atoms with Crippen molar-refractivity contribution < 1.29 is 18.0 Å². The lowest BCUT2D eigenvalue weighted by Crippen LogP contribution is -2.32. The van der Waals surface area contributed by atoms with Gasteiger partial charge < -0.3 is 5.32 Å². The molecule has 1 N–H and O–H groups in total. The fourth-order valence-corrected chi connectivity index (χ4v) is 2.92. The predicted molar refractivity (Wildman–Crippen MR) is 100 cm³/mol. The zero-order valence-corrected chi connectivity index (χ0v) is 15.7. The molecule has 0 fully saturated rings. The molecule has 2 aromatic carbocycles. The predicted octanol–water partition coefficient (Wildman–Crippen LogP) is 4.02. The Bertz CT molecular complexity index is 956. The molecule has 0 saturated heterocycles.